The van der Waals surface area contributed by atoms with Crippen LogP contribution in [0.15, 0.2) is 33.9 Å². The molecule has 0 aliphatic heterocycles. The maximum atomic E-state index is 11.4. The quantitative estimate of drug-likeness (QED) is 0.362. The SMILES string of the molecule is [N-]=[N+]=NCCNC(C(N)=O)c1ccccc1Br. The van der Waals surface area contributed by atoms with Gasteiger partial charge < -0.3 is 11.1 Å². The van der Waals surface area contributed by atoms with E-state index >= 15 is 0 Å². The normalized spacial score (nSPS) is 11.6. The molecule has 7 heteroatoms. The molecule has 0 aliphatic rings. The van der Waals surface area contributed by atoms with Crippen LogP contribution in [0, 0.1) is 0 Å². The molecule has 0 aliphatic carbocycles. The second kappa shape index (κ2) is 6.90. The van der Waals surface area contributed by atoms with Crippen molar-refractivity contribution >= 4 is 21.8 Å². The minimum Gasteiger partial charge on any atom is -0.368 e. The summed E-state index contributed by atoms with van der Waals surface area (Å²) in [7, 11) is 0. The Balaban J connectivity index is 2.76. The summed E-state index contributed by atoms with van der Waals surface area (Å²) in [4.78, 5) is 14.0. The molecule has 90 valence electrons. The Labute approximate surface area is 107 Å². The molecule has 1 amide bonds. The third-order valence-corrected chi connectivity index (χ3v) is 2.85. The van der Waals surface area contributed by atoms with E-state index in [1.165, 1.54) is 0 Å². The summed E-state index contributed by atoms with van der Waals surface area (Å²) in [6.07, 6.45) is 0. The van der Waals surface area contributed by atoms with Gasteiger partial charge in [-0.05, 0) is 17.2 Å². The van der Waals surface area contributed by atoms with E-state index in [-0.39, 0.29) is 6.54 Å². The van der Waals surface area contributed by atoms with Crippen LogP contribution in [0.1, 0.15) is 11.6 Å². The van der Waals surface area contributed by atoms with E-state index in [1.807, 2.05) is 18.2 Å². The molecule has 0 fully saturated rings. The van der Waals surface area contributed by atoms with E-state index in [9.17, 15) is 4.79 Å². The van der Waals surface area contributed by atoms with Gasteiger partial charge in [0.15, 0.2) is 0 Å². The van der Waals surface area contributed by atoms with Crippen LogP contribution in [0.25, 0.3) is 10.4 Å². The van der Waals surface area contributed by atoms with Crippen LogP contribution in [-0.4, -0.2) is 19.0 Å². The first-order valence-corrected chi connectivity index (χ1v) is 5.74. The summed E-state index contributed by atoms with van der Waals surface area (Å²) < 4.78 is 0.806. The molecule has 0 aromatic heterocycles. The molecule has 1 aromatic carbocycles. The highest BCUT2D eigenvalue weighted by molar-refractivity contribution is 9.10. The summed E-state index contributed by atoms with van der Waals surface area (Å²) >= 11 is 3.36. The van der Waals surface area contributed by atoms with Gasteiger partial charge in [0.05, 0.1) is 0 Å². The van der Waals surface area contributed by atoms with Crippen molar-refractivity contribution in [2.75, 3.05) is 13.1 Å². The zero-order valence-corrected chi connectivity index (χ0v) is 10.6. The molecule has 0 saturated carbocycles. The van der Waals surface area contributed by atoms with Gasteiger partial charge in [-0.15, -0.1) is 0 Å². The molecule has 1 aromatic rings. The molecular formula is C10H12BrN5O. The number of rotatable bonds is 6. The van der Waals surface area contributed by atoms with Gasteiger partial charge in [-0.1, -0.05) is 39.2 Å². The molecule has 17 heavy (non-hydrogen) atoms. The number of hydrogen-bond donors (Lipinski definition) is 2. The summed E-state index contributed by atoms with van der Waals surface area (Å²) in [6.45, 7) is 0.656. The predicted molar refractivity (Wildman–Crippen MR) is 68.1 cm³/mol. The number of nitrogens with one attached hydrogen (secondary N) is 1. The number of nitrogens with zero attached hydrogens (tertiary/aromatic N) is 3. The first-order valence-electron chi connectivity index (χ1n) is 4.94. The number of primary amides is 1. The summed E-state index contributed by atoms with van der Waals surface area (Å²) in [6, 6.07) is 6.72. The second-order valence-corrected chi connectivity index (χ2v) is 4.12. The van der Waals surface area contributed by atoms with Crippen LogP contribution in [0.2, 0.25) is 0 Å². The van der Waals surface area contributed by atoms with Crippen LogP contribution >= 0.6 is 15.9 Å². The largest absolute Gasteiger partial charge is 0.368 e. The first kappa shape index (κ1) is 13.5. The Morgan fingerprint density at radius 2 is 2.29 bits per heavy atom. The number of benzene rings is 1. The van der Waals surface area contributed by atoms with Gasteiger partial charge in [0.1, 0.15) is 6.04 Å². The zero-order chi connectivity index (χ0) is 12.7. The number of azide groups is 1. The molecule has 1 rings (SSSR count). The summed E-state index contributed by atoms with van der Waals surface area (Å²) in [5, 5.41) is 6.32. The van der Waals surface area contributed by atoms with Crippen molar-refractivity contribution in [2.24, 2.45) is 10.8 Å². The van der Waals surface area contributed by atoms with Crippen molar-refractivity contribution < 1.29 is 4.79 Å². The van der Waals surface area contributed by atoms with E-state index in [0.29, 0.717) is 6.54 Å². The Kier molecular flexibility index (Phi) is 5.48. The molecule has 0 radical (unpaired) electrons. The van der Waals surface area contributed by atoms with Gasteiger partial charge in [-0.3, -0.25) is 4.79 Å². The van der Waals surface area contributed by atoms with Crippen LogP contribution in [0.3, 0.4) is 0 Å². The lowest BCUT2D eigenvalue weighted by atomic mass is 10.1. The highest BCUT2D eigenvalue weighted by atomic mass is 79.9. The third-order valence-electron chi connectivity index (χ3n) is 2.12. The Morgan fingerprint density at radius 3 is 2.88 bits per heavy atom. The smallest absolute Gasteiger partial charge is 0.239 e. The number of carbonyl (C=O) groups excluding carboxylic acids is 1. The Morgan fingerprint density at radius 1 is 1.59 bits per heavy atom. The van der Waals surface area contributed by atoms with Crippen molar-refractivity contribution in [3.63, 3.8) is 0 Å². The van der Waals surface area contributed by atoms with Crippen LogP contribution < -0.4 is 11.1 Å². The fourth-order valence-electron chi connectivity index (χ4n) is 1.38. The standard InChI is InChI=1S/C10H12BrN5O/c11-8-4-2-1-3-7(8)9(10(12)17)14-5-6-15-16-13/h1-4,9,14H,5-6H2,(H2,12,17). The van der Waals surface area contributed by atoms with E-state index < -0.39 is 11.9 Å². The minimum absolute atomic E-state index is 0.269. The van der Waals surface area contributed by atoms with Crippen molar-refractivity contribution in [3.8, 4) is 0 Å². The van der Waals surface area contributed by atoms with Gasteiger partial charge in [0, 0.05) is 22.5 Å². The second-order valence-electron chi connectivity index (χ2n) is 3.27. The van der Waals surface area contributed by atoms with Gasteiger partial charge in [0.2, 0.25) is 5.91 Å². The fraction of sp³-hybridized carbons (Fsp3) is 0.300. The number of amides is 1. The molecule has 6 nitrogen and oxygen atoms in total. The van der Waals surface area contributed by atoms with E-state index in [0.717, 1.165) is 10.0 Å². The van der Waals surface area contributed by atoms with E-state index in [1.54, 1.807) is 6.07 Å². The topological polar surface area (TPSA) is 104 Å². The third kappa shape index (κ3) is 4.07. The first-order chi connectivity index (χ1) is 8.16. The molecule has 0 saturated heterocycles. The molecule has 0 spiro atoms. The van der Waals surface area contributed by atoms with Crippen molar-refractivity contribution in [1.29, 1.82) is 0 Å². The Hall–Kier alpha value is -1.56. The molecule has 1 unspecified atom stereocenters. The highest BCUT2D eigenvalue weighted by Crippen LogP contribution is 2.22. The van der Waals surface area contributed by atoms with Crippen molar-refractivity contribution in [1.82, 2.24) is 5.32 Å². The zero-order valence-electron chi connectivity index (χ0n) is 9.01. The molecule has 0 heterocycles. The van der Waals surface area contributed by atoms with Gasteiger partial charge in [-0.2, -0.15) is 0 Å². The molecule has 1 atom stereocenters. The number of carbonyl (C=O) groups is 1. The lowest BCUT2D eigenvalue weighted by Crippen LogP contribution is -2.35. The lowest BCUT2D eigenvalue weighted by Gasteiger charge is -2.16. The van der Waals surface area contributed by atoms with Gasteiger partial charge in [-0.25, -0.2) is 0 Å². The van der Waals surface area contributed by atoms with E-state index in [2.05, 4.69) is 31.3 Å². The van der Waals surface area contributed by atoms with E-state index in [4.69, 9.17) is 11.3 Å². The lowest BCUT2D eigenvalue weighted by molar-refractivity contribution is -0.120. The van der Waals surface area contributed by atoms with Crippen LogP contribution in [0.4, 0.5) is 0 Å². The fourth-order valence-corrected chi connectivity index (χ4v) is 1.89. The summed E-state index contributed by atoms with van der Waals surface area (Å²) in [5.74, 6) is -0.474. The molecule has 3 N–H and O–H groups in total. The maximum absolute atomic E-state index is 11.4. The molecular weight excluding hydrogens is 286 g/mol. The Bertz CT molecular complexity index is 444. The maximum Gasteiger partial charge on any atom is 0.239 e. The number of nitrogens with two attached hydrogens (primary N) is 1. The summed E-state index contributed by atoms with van der Waals surface area (Å²) in [5.41, 5.74) is 14.2. The number of halogens is 1. The van der Waals surface area contributed by atoms with Crippen LogP contribution in [-0.2, 0) is 4.79 Å². The minimum atomic E-state index is -0.598. The predicted octanol–water partition coefficient (Wildman–Crippen LogP) is 1.88. The average Bonchev–Trinajstić information content (AvgIpc) is 2.30. The highest BCUT2D eigenvalue weighted by Gasteiger charge is 2.18. The van der Waals surface area contributed by atoms with Crippen molar-refractivity contribution in [2.45, 2.75) is 6.04 Å². The molecule has 0 bridgehead atoms. The monoisotopic (exact) mass is 297 g/mol. The van der Waals surface area contributed by atoms with Gasteiger partial charge in [0.25, 0.3) is 0 Å². The van der Waals surface area contributed by atoms with Crippen molar-refractivity contribution in [3.05, 3.63) is 44.7 Å². The van der Waals surface area contributed by atoms with Crippen LogP contribution in [0.5, 0.6) is 0 Å². The number of hydrogen-bond acceptors (Lipinski definition) is 3. The average molecular weight is 298 g/mol. The van der Waals surface area contributed by atoms with Gasteiger partial charge >= 0.3 is 0 Å².